The fourth-order valence-corrected chi connectivity index (χ4v) is 2.88. The number of benzene rings is 2. The van der Waals surface area contributed by atoms with Crippen LogP contribution in [0.3, 0.4) is 0 Å². The van der Waals surface area contributed by atoms with Gasteiger partial charge in [-0.2, -0.15) is 4.98 Å². The highest BCUT2D eigenvalue weighted by Crippen LogP contribution is 2.26. The molecule has 0 radical (unpaired) electrons. The van der Waals surface area contributed by atoms with Crippen molar-refractivity contribution in [2.45, 2.75) is 11.8 Å². The second-order valence-corrected chi connectivity index (χ2v) is 6.89. The van der Waals surface area contributed by atoms with Crippen LogP contribution in [0.2, 0.25) is 0 Å². The third-order valence-corrected chi connectivity index (χ3v) is 4.55. The molecule has 2 aromatic carbocycles. The zero-order valence-electron chi connectivity index (χ0n) is 14.3. The summed E-state index contributed by atoms with van der Waals surface area (Å²) in [5.41, 5.74) is 1.43. The number of hydrogen-bond donors (Lipinski definition) is 1. The van der Waals surface area contributed by atoms with Crippen molar-refractivity contribution in [2.24, 2.45) is 5.14 Å². The predicted molar refractivity (Wildman–Crippen MR) is 95.9 cm³/mol. The highest BCUT2D eigenvalue weighted by molar-refractivity contribution is 7.89. The largest absolute Gasteiger partial charge is 0.497 e. The van der Waals surface area contributed by atoms with Crippen LogP contribution in [0.25, 0.3) is 17.1 Å². The summed E-state index contributed by atoms with van der Waals surface area (Å²) in [7, 11) is -2.16. The van der Waals surface area contributed by atoms with Gasteiger partial charge >= 0.3 is 6.01 Å². The zero-order chi connectivity index (χ0) is 18.7. The number of ether oxygens (including phenoxy) is 2. The Kier molecular flexibility index (Phi) is 4.92. The lowest BCUT2D eigenvalue weighted by molar-refractivity contribution is 0.312. The molecule has 0 aliphatic rings. The van der Waals surface area contributed by atoms with Gasteiger partial charge in [-0.3, -0.25) is 0 Å². The molecule has 0 saturated carbocycles. The van der Waals surface area contributed by atoms with Gasteiger partial charge in [-0.25, -0.2) is 18.2 Å². The number of methoxy groups -OCH3 is 1. The quantitative estimate of drug-likeness (QED) is 0.707. The first-order valence-electron chi connectivity index (χ1n) is 7.80. The van der Waals surface area contributed by atoms with Crippen molar-refractivity contribution in [3.05, 3.63) is 48.5 Å². The van der Waals surface area contributed by atoms with Crippen molar-refractivity contribution >= 4 is 10.0 Å². The molecule has 0 aliphatic heterocycles. The minimum Gasteiger partial charge on any atom is -0.497 e. The van der Waals surface area contributed by atoms with Crippen LogP contribution < -0.4 is 14.6 Å². The van der Waals surface area contributed by atoms with E-state index in [4.69, 9.17) is 14.6 Å². The Bertz CT molecular complexity index is 996. The van der Waals surface area contributed by atoms with Crippen LogP contribution in [0.1, 0.15) is 6.92 Å². The van der Waals surface area contributed by atoms with Gasteiger partial charge in [0, 0.05) is 5.56 Å². The summed E-state index contributed by atoms with van der Waals surface area (Å²) in [6.07, 6.45) is 0. The Morgan fingerprint density at radius 2 is 1.73 bits per heavy atom. The van der Waals surface area contributed by atoms with Gasteiger partial charge in [0.05, 0.1) is 24.3 Å². The monoisotopic (exact) mass is 374 g/mol. The number of nitrogens with zero attached hydrogens (tertiary/aromatic N) is 3. The Labute approximate surface area is 151 Å². The summed E-state index contributed by atoms with van der Waals surface area (Å²) in [6.45, 7) is 2.27. The summed E-state index contributed by atoms with van der Waals surface area (Å²) >= 11 is 0. The molecule has 9 heteroatoms. The number of nitrogens with two attached hydrogens (primary N) is 1. The summed E-state index contributed by atoms with van der Waals surface area (Å²) in [5, 5.41) is 9.50. The summed E-state index contributed by atoms with van der Waals surface area (Å²) < 4.78 is 35.0. The van der Waals surface area contributed by atoms with E-state index in [1.807, 2.05) is 31.2 Å². The van der Waals surface area contributed by atoms with Gasteiger partial charge in [0.1, 0.15) is 5.75 Å². The molecule has 0 saturated heterocycles. The fraction of sp³-hybridized carbons (Fsp3) is 0.176. The van der Waals surface area contributed by atoms with Gasteiger partial charge in [0.25, 0.3) is 0 Å². The summed E-state index contributed by atoms with van der Waals surface area (Å²) in [4.78, 5) is 4.44. The van der Waals surface area contributed by atoms with Gasteiger partial charge in [-0.1, -0.05) is 0 Å². The lowest BCUT2D eigenvalue weighted by atomic mass is 10.2. The van der Waals surface area contributed by atoms with E-state index in [1.165, 1.54) is 12.1 Å². The van der Waals surface area contributed by atoms with Crippen molar-refractivity contribution in [1.82, 2.24) is 14.8 Å². The molecule has 8 nitrogen and oxygen atoms in total. The van der Waals surface area contributed by atoms with Gasteiger partial charge in [0.15, 0.2) is 5.82 Å². The molecule has 26 heavy (non-hydrogen) atoms. The normalized spacial score (nSPS) is 11.3. The molecule has 136 valence electrons. The van der Waals surface area contributed by atoms with Gasteiger partial charge < -0.3 is 9.47 Å². The standard InChI is InChI=1S/C17H18N4O4S/c1-3-25-17-19-16(12-4-8-14(24-2)9-5-12)21(20-17)13-6-10-15(11-7-13)26(18,22)23/h4-11H,3H2,1-2H3,(H2,18,22,23). The second-order valence-electron chi connectivity index (χ2n) is 5.33. The van der Waals surface area contributed by atoms with E-state index in [-0.39, 0.29) is 10.9 Å². The van der Waals surface area contributed by atoms with Crippen LogP contribution in [0.15, 0.2) is 53.4 Å². The molecular weight excluding hydrogens is 356 g/mol. The van der Waals surface area contributed by atoms with E-state index in [0.29, 0.717) is 18.1 Å². The lowest BCUT2D eigenvalue weighted by Crippen LogP contribution is -2.12. The molecule has 1 aromatic heterocycles. The molecule has 0 fully saturated rings. The molecule has 0 spiro atoms. The Balaban J connectivity index is 2.07. The number of rotatable bonds is 6. The first kappa shape index (κ1) is 17.9. The topological polar surface area (TPSA) is 109 Å². The molecule has 1 heterocycles. The average Bonchev–Trinajstić information content (AvgIpc) is 3.05. The maximum absolute atomic E-state index is 11.4. The Morgan fingerprint density at radius 1 is 1.08 bits per heavy atom. The lowest BCUT2D eigenvalue weighted by Gasteiger charge is -2.07. The third kappa shape index (κ3) is 3.68. The van der Waals surface area contributed by atoms with Crippen molar-refractivity contribution in [2.75, 3.05) is 13.7 Å². The molecule has 2 N–H and O–H groups in total. The zero-order valence-corrected chi connectivity index (χ0v) is 15.1. The predicted octanol–water partition coefficient (Wildman–Crippen LogP) is 1.99. The number of primary sulfonamides is 1. The molecule has 0 aliphatic carbocycles. The molecule has 3 aromatic rings. The molecular formula is C17H18N4O4S. The van der Waals surface area contributed by atoms with Gasteiger partial charge in [-0.05, 0) is 55.5 Å². The van der Waals surface area contributed by atoms with E-state index < -0.39 is 10.0 Å². The molecule has 0 atom stereocenters. The summed E-state index contributed by atoms with van der Waals surface area (Å²) in [6, 6.07) is 13.6. The van der Waals surface area contributed by atoms with Crippen LogP contribution in [-0.4, -0.2) is 36.9 Å². The first-order chi connectivity index (χ1) is 12.4. The van der Waals surface area contributed by atoms with Gasteiger partial charge in [0.2, 0.25) is 10.0 Å². The van der Waals surface area contributed by atoms with E-state index in [1.54, 1.807) is 23.9 Å². The summed E-state index contributed by atoms with van der Waals surface area (Å²) in [5.74, 6) is 1.28. The minimum absolute atomic E-state index is 0.0254. The average molecular weight is 374 g/mol. The van der Waals surface area contributed by atoms with Crippen molar-refractivity contribution in [1.29, 1.82) is 0 Å². The van der Waals surface area contributed by atoms with Crippen molar-refractivity contribution in [3.63, 3.8) is 0 Å². The molecule has 3 rings (SSSR count). The van der Waals surface area contributed by atoms with Crippen molar-refractivity contribution < 1.29 is 17.9 Å². The fourth-order valence-electron chi connectivity index (χ4n) is 2.37. The van der Waals surface area contributed by atoms with Crippen LogP contribution in [0, 0.1) is 0 Å². The van der Waals surface area contributed by atoms with Crippen LogP contribution in [-0.2, 0) is 10.0 Å². The maximum Gasteiger partial charge on any atom is 0.336 e. The minimum atomic E-state index is -3.76. The molecule has 0 amide bonds. The maximum atomic E-state index is 11.4. The molecule has 0 bridgehead atoms. The first-order valence-corrected chi connectivity index (χ1v) is 9.34. The van der Waals surface area contributed by atoms with E-state index in [0.717, 1.165) is 11.3 Å². The SMILES string of the molecule is CCOc1nc(-c2ccc(OC)cc2)n(-c2ccc(S(N)(=O)=O)cc2)n1. The number of aromatic nitrogens is 3. The highest BCUT2D eigenvalue weighted by Gasteiger charge is 2.16. The van der Waals surface area contributed by atoms with E-state index in [2.05, 4.69) is 10.1 Å². The van der Waals surface area contributed by atoms with Gasteiger partial charge in [-0.15, -0.1) is 5.10 Å². The van der Waals surface area contributed by atoms with Crippen LogP contribution >= 0.6 is 0 Å². The van der Waals surface area contributed by atoms with E-state index in [9.17, 15) is 8.42 Å². The molecule has 0 unspecified atom stereocenters. The number of sulfonamides is 1. The second kappa shape index (κ2) is 7.14. The smallest absolute Gasteiger partial charge is 0.336 e. The Hall–Kier alpha value is -2.91. The van der Waals surface area contributed by atoms with Crippen molar-refractivity contribution in [3.8, 4) is 28.8 Å². The van der Waals surface area contributed by atoms with E-state index >= 15 is 0 Å². The highest BCUT2D eigenvalue weighted by atomic mass is 32.2. The van der Waals surface area contributed by atoms with Crippen LogP contribution in [0.4, 0.5) is 0 Å². The Morgan fingerprint density at radius 3 is 2.27 bits per heavy atom. The van der Waals surface area contributed by atoms with Crippen LogP contribution in [0.5, 0.6) is 11.8 Å². The number of hydrogen-bond acceptors (Lipinski definition) is 6. The third-order valence-electron chi connectivity index (χ3n) is 3.62.